The Balaban J connectivity index is 1.72. The van der Waals surface area contributed by atoms with Crippen molar-refractivity contribution >= 4 is 23.4 Å². The first-order valence-electron chi connectivity index (χ1n) is 10.2. The van der Waals surface area contributed by atoms with Gasteiger partial charge in [-0.25, -0.2) is 4.39 Å². The van der Waals surface area contributed by atoms with Crippen LogP contribution in [-0.4, -0.2) is 40.4 Å². The summed E-state index contributed by atoms with van der Waals surface area (Å²) in [5, 5.41) is 9.63. The highest BCUT2D eigenvalue weighted by Crippen LogP contribution is 2.55. The molecule has 3 aliphatic carbocycles. The number of aromatic hydroxyl groups is 1. The maximum absolute atomic E-state index is 14.2. The van der Waals surface area contributed by atoms with Gasteiger partial charge in [0.2, 0.25) is 11.8 Å². The number of allylic oxidation sites excluding steroid dienone is 6. The first kappa shape index (κ1) is 19.6. The smallest absolute Gasteiger partial charge is 0.233 e. The van der Waals surface area contributed by atoms with Gasteiger partial charge in [0.05, 0.1) is 11.8 Å². The second-order valence-electron chi connectivity index (χ2n) is 8.68. The average molecular weight is 421 g/mol. The van der Waals surface area contributed by atoms with E-state index in [4.69, 9.17) is 0 Å². The molecule has 0 spiro atoms. The number of hydrogen-bond donors (Lipinski definition) is 1. The highest BCUT2D eigenvalue weighted by Gasteiger charge is 2.55. The van der Waals surface area contributed by atoms with Gasteiger partial charge in [-0.2, -0.15) is 0 Å². The van der Waals surface area contributed by atoms with Gasteiger partial charge < -0.3 is 5.11 Å². The number of rotatable bonds is 1. The quantitative estimate of drug-likeness (QED) is 0.428. The summed E-state index contributed by atoms with van der Waals surface area (Å²) >= 11 is 0. The molecule has 0 radical (unpaired) electrons. The van der Waals surface area contributed by atoms with E-state index in [2.05, 4.69) is 0 Å². The molecule has 0 aromatic heterocycles. The topological polar surface area (TPSA) is 91.8 Å². The molecule has 7 heteroatoms. The van der Waals surface area contributed by atoms with Crippen LogP contribution in [0.5, 0.6) is 5.75 Å². The van der Waals surface area contributed by atoms with E-state index in [1.54, 1.807) is 6.92 Å². The zero-order valence-corrected chi connectivity index (χ0v) is 17.0. The Bertz CT molecular complexity index is 1190. The first-order chi connectivity index (χ1) is 14.7. The highest BCUT2D eigenvalue weighted by molar-refractivity contribution is 6.23. The van der Waals surface area contributed by atoms with Crippen molar-refractivity contribution in [2.75, 3.05) is 7.05 Å². The van der Waals surface area contributed by atoms with E-state index in [-0.39, 0.29) is 29.8 Å². The zero-order valence-electron chi connectivity index (χ0n) is 17.0. The number of benzene rings is 1. The molecule has 1 fully saturated rings. The molecule has 1 aromatic rings. The van der Waals surface area contributed by atoms with Gasteiger partial charge in [0.1, 0.15) is 0 Å². The average Bonchev–Trinajstić information content (AvgIpc) is 2.97. The molecule has 4 unspecified atom stereocenters. The first-order valence-corrected chi connectivity index (χ1v) is 10.2. The number of nitrogens with zero attached hydrogens (tertiary/aromatic N) is 1. The monoisotopic (exact) mass is 421 g/mol. The van der Waals surface area contributed by atoms with E-state index in [9.17, 15) is 28.7 Å². The molecule has 2 amide bonds. The van der Waals surface area contributed by atoms with Crippen LogP contribution in [0, 0.1) is 23.6 Å². The Morgan fingerprint density at radius 1 is 1.10 bits per heavy atom. The molecule has 0 bridgehead atoms. The lowest BCUT2D eigenvalue weighted by atomic mass is 9.59. The largest absolute Gasteiger partial charge is 0.505 e. The van der Waals surface area contributed by atoms with Crippen LogP contribution >= 0.6 is 0 Å². The van der Waals surface area contributed by atoms with Crippen LogP contribution < -0.4 is 0 Å². The number of hydrogen-bond acceptors (Lipinski definition) is 5. The third-order valence-corrected chi connectivity index (χ3v) is 7.09. The van der Waals surface area contributed by atoms with Gasteiger partial charge in [-0.1, -0.05) is 17.7 Å². The lowest BCUT2D eigenvalue weighted by molar-refractivity contribution is -0.138. The third-order valence-electron chi connectivity index (χ3n) is 7.09. The van der Waals surface area contributed by atoms with E-state index in [1.807, 2.05) is 6.08 Å². The molecule has 1 saturated heterocycles. The molecular weight excluding hydrogens is 401 g/mol. The van der Waals surface area contributed by atoms with Crippen LogP contribution in [0.2, 0.25) is 0 Å². The van der Waals surface area contributed by atoms with E-state index < -0.39 is 35.2 Å². The summed E-state index contributed by atoms with van der Waals surface area (Å²) in [5.41, 5.74) is 2.14. The number of amides is 2. The van der Waals surface area contributed by atoms with Crippen molar-refractivity contribution in [2.24, 2.45) is 17.8 Å². The molecule has 1 N–H and O–H groups in total. The van der Waals surface area contributed by atoms with Gasteiger partial charge in [0, 0.05) is 29.7 Å². The number of halogens is 1. The Hall–Kier alpha value is -3.35. The van der Waals surface area contributed by atoms with Crippen LogP contribution in [-0.2, 0) is 19.2 Å². The van der Waals surface area contributed by atoms with Gasteiger partial charge in [-0.05, 0) is 49.5 Å². The molecule has 6 nitrogen and oxygen atoms in total. The van der Waals surface area contributed by atoms with Crippen molar-refractivity contribution in [3.8, 4) is 5.75 Å². The molecule has 1 aromatic carbocycles. The molecule has 1 aliphatic heterocycles. The molecule has 5 rings (SSSR count). The lowest BCUT2D eigenvalue weighted by Crippen LogP contribution is -2.39. The molecule has 158 valence electrons. The van der Waals surface area contributed by atoms with Crippen molar-refractivity contribution < 1.29 is 28.7 Å². The molecular formula is C24H20FNO5. The van der Waals surface area contributed by atoms with Gasteiger partial charge in [-0.15, -0.1) is 0 Å². The van der Waals surface area contributed by atoms with E-state index in [0.29, 0.717) is 28.7 Å². The second-order valence-corrected chi connectivity index (χ2v) is 8.68. The van der Waals surface area contributed by atoms with Crippen molar-refractivity contribution in [3.05, 3.63) is 64.0 Å². The van der Waals surface area contributed by atoms with Crippen molar-refractivity contribution in [2.45, 2.75) is 25.7 Å². The number of likely N-dealkylation sites (tertiary alicyclic amines) is 1. The van der Waals surface area contributed by atoms with Crippen LogP contribution in [0.4, 0.5) is 4.39 Å². The van der Waals surface area contributed by atoms with E-state index >= 15 is 0 Å². The third kappa shape index (κ3) is 2.62. The lowest BCUT2D eigenvalue weighted by Gasteiger charge is -2.42. The number of phenolic OH excluding ortho intramolecular Hbond substituents is 1. The zero-order chi connectivity index (χ0) is 22.2. The van der Waals surface area contributed by atoms with Gasteiger partial charge >= 0.3 is 0 Å². The summed E-state index contributed by atoms with van der Waals surface area (Å²) in [4.78, 5) is 52.6. The summed E-state index contributed by atoms with van der Waals surface area (Å²) < 4.78 is 14.2. The van der Waals surface area contributed by atoms with Gasteiger partial charge in [0.25, 0.3) is 0 Å². The minimum atomic E-state index is -0.829. The SMILES string of the molecule is CC1=CC(=O)C2=C(CC3C(=CCC4C(=O)N(C)C(=O)C43)C2c2ccc(O)c(F)c2)C1=O. The maximum Gasteiger partial charge on any atom is 0.233 e. The second kappa shape index (κ2) is 6.57. The van der Waals surface area contributed by atoms with Crippen LogP contribution in [0.3, 0.4) is 0 Å². The molecule has 4 atom stereocenters. The van der Waals surface area contributed by atoms with E-state index in [0.717, 1.165) is 16.5 Å². The highest BCUT2D eigenvalue weighted by atomic mass is 19.1. The Labute approximate surface area is 177 Å². The van der Waals surface area contributed by atoms with Gasteiger partial charge in [0.15, 0.2) is 23.1 Å². The number of carbonyl (C=O) groups excluding carboxylic acids is 4. The van der Waals surface area contributed by atoms with Crippen molar-refractivity contribution in [3.63, 3.8) is 0 Å². The standard InChI is InChI=1S/C24H20FNO5/c1-10-7-18(28)21-15(22(10)29)9-14-12(19(21)11-3-6-17(27)16(25)8-11)4-5-13-20(14)24(31)26(2)23(13)30/h3-4,6-8,13-14,19-20,27H,5,9H2,1-2H3. The number of imide groups is 1. The predicted molar refractivity (Wildman–Crippen MR) is 107 cm³/mol. The van der Waals surface area contributed by atoms with Crippen LogP contribution in [0.15, 0.2) is 52.6 Å². The predicted octanol–water partition coefficient (Wildman–Crippen LogP) is 2.59. The Morgan fingerprint density at radius 2 is 1.84 bits per heavy atom. The summed E-state index contributed by atoms with van der Waals surface area (Å²) in [6.07, 6.45) is 3.72. The summed E-state index contributed by atoms with van der Waals surface area (Å²) in [6.45, 7) is 1.58. The van der Waals surface area contributed by atoms with E-state index in [1.165, 1.54) is 25.3 Å². The van der Waals surface area contributed by atoms with Crippen LogP contribution in [0.1, 0.15) is 31.2 Å². The number of carbonyl (C=O) groups is 4. The maximum atomic E-state index is 14.2. The summed E-state index contributed by atoms with van der Waals surface area (Å²) in [6, 6.07) is 3.91. The number of fused-ring (bicyclic) bond motifs is 3. The van der Waals surface area contributed by atoms with Crippen molar-refractivity contribution in [1.82, 2.24) is 4.90 Å². The number of ketones is 2. The fourth-order valence-electron chi connectivity index (χ4n) is 5.62. The molecule has 4 aliphatic rings. The molecule has 0 saturated carbocycles. The Morgan fingerprint density at radius 3 is 2.55 bits per heavy atom. The number of phenols is 1. The number of Topliss-reactive ketones (excluding diaryl/α,β-unsaturated/α-hetero) is 1. The minimum absolute atomic E-state index is 0.196. The van der Waals surface area contributed by atoms with Crippen molar-refractivity contribution in [1.29, 1.82) is 0 Å². The summed E-state index contributed by atoms with van der Waals surface area (Å²) in [5.74, 6) is -4.66. The van der Waals surface area contributed by atoms with Crippen LogP contribution in [0.25, 0.3) is 0 Å². The molecule has 31 heavy (non-hydrogen) atoms. The minimum Gasteiger partial charge on any atom is -0.505 e. The molecule has 1 heterocycles. The Kier molecular flexibility index (Phi) is 4.16. The fourth-order valence-corrected chi connectivity index (χ4v) is 5.62. The van der Waals surface area contributed by atoms with Gasteiger partial charge in [-0.3, -0.25) is 24.1 Å². The summed E-state index contributed by atoms with van der Waals surface area (Å²) in [7, 11) is 1.46. The normalized spacial score (nSPS) is 30.1. The fraction of sp³-hybridized carbons (Fsp3) is 0.333.